The molecular weight excluding hydrogens is 803 g/mol. The molecule has 0 bridgehead atoms. The number of piperazine rings is 1. The van der Waals surface area contributed by atoms with Gasteiger partial charge < -0.3 is 46.4 Å². The molecule has 3 saturated heterocycles. The fourth-order valence-corrected chi connectivity index (χ4v) is 8.05. The number of nitrogens with one attached hydrogen (secondary N) is 5. The normalized spacial score (nSPS) is 22.2. The highest BCUT2D eigenvalue weighted by atomic mass is 35.5. The second kappa shape index (κ2) is 19.6. The maximum atomic E-state index is 14.5. The summed E-state index contributed by atoms with van der Waals surface area (Å²) in [4.78, 5) is 111. The molecule has 0 aliphatic carbocycles. The standard InChI is InChI=1S/C41H52ClFN8O9/c1-21-8-6-9-26(14-21)16-30(47-41(60)46-29-12-11-27(42)17-28(29)43)36(55)48-35(25(5)53)40(59)49-13-7-10-31(49)39(58)51-20-34(54)44-18-33(51)37(56)45-23(3)38(57)50-19-22(2)15-32(50)24(4)52/h6,8-9,11-12,14,17,22-23,25,30-33,35,53H,7,10,13,15-16,18-20H2,1-5H3,(H,44,54)(H,45,56)(H,48,55)(H2,46,47,60)/t22-,23+,25+,30+,31+,32+,33+,35+/m1/s1. The summed E-state index contributed by atoms with van der Waals surface area (Å²) >= 11 is 5.83. The molecular formula is C41H52ClFN8O9. The molecule has 5 rings (SSSR count). The van der Waals surface area contributed by atoms with E-state index in [2.05, 4.69) is 26.6 Å². The maximum absolute atomic E-state index is 14.5. The van der Waals surface area contributed by atoms with Gasteiger partial charge in [-0.15, -0.1) is 0 Å². The van der Waals surface area contributed by atoms with Crippen LogP contribution in [0.3, 0.4) is 0 Å². The lowest BCUT2D eigenvalue weighted by atomic mass is 10.0. The first-order chi connectivity index (χ1) is 28.3. The number of hydrogen-bond acceptors (Lipinski definition) is 9. The lowest BCUT2D eigenvalue weighted by Gasteiger charge is -2.39. The first-order valence-electron chi connectivity index (χ1n) is 19.9. The highest BCUT2D eigenvalue weighted by molar-refractivity contribution is 6.30. The molecule has 3 fully saturated rings. The van der Waals surface area contributed by atoms with Crippen molar-refractivity contribution in [1.29, 1.82) is 0 Å². The van der Waals surface area contributed by atoms with Gasteiger partial charge in [-0.05, 0) is 76.6 Å². The Labute approximate surface area is 352 Å². The molecule has 60 heavy (non-hydrogen) atoms. The Hall–Kier alpha value is -5.62. The van der Waals surface area contributed by atoms with Gasteiger partial charge in [0.15, 0.2) is 5.78 Å². The van der Waals surface area contributed by atoms with Gasteiger partial charge in [-0.2, -0.15) is 0 Å². The Kier molecular flexibility index (Phi) is 14.9. The molecule has 324 valence electrons. The van der Waals surface area contributed by atoms with Crippen molar-refractivity contribution in [3.63, 3.8) is 0 Å². The van der Waals surface area contributed by atoms with E-state index >= 15 is 0 Å². The van der Waals surface area contributed by atoms with Crippen LogP contribution >= 0.6 is 11.6 Å². The molecule has 3 aliphatic heterocycles. The number of ketones is 1. The molecule has 0 unspecified atom stereocenters. The van der Waals surface area contributed by atoms with Crippen LogP contribution in [-0.2, 0) is 40.0 Å². The Morgan fingerprint density at radius 3 is 2.35 bits per heavy atom. The molecule has 19 heteroatoms. The molecule has 0 radical (unpaired) electrons. The highest BCUT2D eigenvalue weighted by Crippen LogP contribution is 2.26. The van der Waals surface area contributed by atoms with Crippen molar-refractivity contribution in [1.82, 2.24) is 36.0 Å². The molecule has 8 amide bonds. The molecule has 8 atom stereocenters. The van der Waals surface area contributed by atoms with Gasteiger partial charge in [0.1, 0.15) is 42.6 Å². The van der Waals surface area contributed by atoms with Gasteiger partial charge >= 0.3 is 6.03 Å². The predicted molar refractivity (Wildman–Crippen MR) is 217 cm³/mol. The minimum Gasteiger partial charge on any atom is -0.391 e. The van der Waals surface area contributed by atoms with E-state index < -0.39 is 96.2 Å². The van der Waals surface area contributed by atoms with E-state index in [1.165, 1.54) is 42.7 Å². The summed E-state index contributed by atoms with van der Waals surface area (Å²) in [6.07, 6.45) is -0.562. The van der Waals surface area contributed by atoms with Crippen molar-refractivity contribution >= 4 is 64.5 Å². The minimum atomic E-state index is -1.60. The lowest BCUT2D eigenvalue weighted by molar-refractivity contribution is -0.153. The lowest BCUT2D eigenvalue weighted by Crippen LogP contribution is -2.66. The zero-order valence-electron chi connectivity index (χ0n) is 34.1. The number of hydrogen-bond donors (Lipinski definition) is 6. The number of aryl methyl sites for hydroxylation is 1. The third kappa shape index (κ3) is 10.9. The number of aliphatic hydroxyl groups is 1. The van der Waals surface area contributed by atoms with Gasteiger partial charge in [-0.25, -0.2) is 9.18 Å². The quantitative estimate of drug-likeness (QED) is 0.169. The Balaban J connectivity index is 1.30. The van der Waals surface area contributed by atoms with Crippen LogP contribution in [0.4, 0.5) is 14.9 Å². The zero-order valence-corrected chi connectivity index (χ0v) is 34.9. The SMILES string of the molecule is CC(=O)[C@@H]1C[C@@H](C)CN1C(=O)[C@H](C)NC(=O)[C@@H]1CNC(=O)CN1C(=O)[C@@H]1CCCN1C(=O)[C@@H](NC(=O)[C@H](Cc1cccc(C)c1)NC(=O)Nc1ccc(Cl)cc1F)[C@H](C)O. The van der Waals surface area contributed by atoms with Crippen molar-refractivity contribution in [2.75, 3.05) is 31.5 Å². The first-order valence-corrected chi connectivity index (χ1v) is 20.3. The van der Waals surface area contributed by atoms with E-state index in [1.54, 1.807) is 18.2 Å². The van der Waals surface area contributed by atoms with Crippen LogP contribution in [0.25, 0.3) is 0 Å². The Morgan fingerprint density at radius 2 is 1.68 bits per heavy atom. The third-order valence-electron chi connectivity index (χ3n) is 11.0. The van der Waals surface area contributed by atoms with Crippen molar-refractivity contribution in [2.45, 2.75) is 103 Å². The Morgan fingerprint density at radius 1 is 0.950 bits per heavy atom. The second-order valence-corrected chi connectivity index (χ2v) is 16.3. The maximum Gasteiger partial charge on any atom is 0.319 e. The van der Waals surface area contributed by atoms with Crippen LogP contribution in [0.1, 0.15) is 58.1 Å². The van der Waals surface area contributed by atoms with E-state index in [0.717, 1.165) is 16.5 Å². The number of amides is 8. The van der Waals surface area contributed by atoms with Crippen LogP contribution in [0.2, 0.25) is 5.02 Å². The Bertz CT molecular complexity index is 2020. The number of benzene rings is 2. The molecule has 3 aliphatic rings. The summed E-state index contributed by atoms with van der Waals surface area (Å²) in [6.45, 7) is 7.52. The molecule has 0 saturated carbocycles. The summed E-state index contributed by atoms with van der Waals surface area (Å²) in [5, 5.41) is 23.6. The molecule has 17 nitrogen and oxygen atoms in total. The van der Waals surface area contributed by atoms with E-state index in [1.807, 2.05) is 19.9 Å². The van der Waals surface area contributed by atoms with Gasteiger partial charge in [0.25, 0.3) is 0 Å². The van der Waals surface area contributed by atoms with Gasteiger partial charge in [-0.3, -0.25) is 33.6 Å². The smallest absolute Gasteiger partial charge is 0.319 e. The molecule has 0 spiro atoms. The van der Waals surface area contributed by atoms with E-state index in [4.69, 9.17) is 11.6 Å². The summed E-state index contributed by atoms with van der Waals surface area (Å²) in [6, 6.07) is 2.75. The van der Waals surface area contributed by atoms with Crippen LogP contribution in [0.5, 0.6) is 0 Å². The van der Waals surface area contributed by atoms with Gasteiger partial charge in [-0.1, -0.05) is 48.4 Å². The summed E-state index contributed by atoms with van der Waals surface area (Å²) in [7, 11) is 0. The molecule has 3 heterocycles. The third-order valence-corrected chi connectivity index (χ3v) is 11.2. The van der Waals surface area contributed by atoms with Gasteiger partial charge in [0.05, 0.1) is 17.8 Å². The van der Waals surface area contributed by atoms with Crippen LogP contribution in [-0.4, -0.2) is 136 Å². The van der Waals surface area contributed by atoms with Crippen LogP contribution in [0.15, 0.2) is 42.5 Å². The number of anilines is 1. The number of rotatable bonds is 13. The molecule has 6 N–H and O–H groups in total. The minimum absolute atomic E-state index is 0.0440. The van der Waals surface area contributed by atoms with Crippen molar-refractivity contribution < 1.29 is 47.9 Å². The number of likely N-dealkylation sites (tertiary alicyclic amines) is 2. The van der Waals surface area contributed by atoms with E-state index in [0.29, 0.717) is 24.9 Å². The number of halogens is 2. The first kappa shape index (κ1) is 45.5. The number of carbonyl (C=O) groups excluding carboxylic acids is 8. The topological polar surface area (TPSA) is 227 Å². The van der Waals surface area contributed by atoms with Crippen LogP contribution < -0.4 is 26.6 Å². The zero-order chi connectivity index (χ0) is 44.0. The average molecular weight is 855 g/mol. The number of Topliss-reactive ketones (excluding diaryl/α,β-unsaturated/α-hetero) is 1. The molecule has 2 aromatic rings. The molecule has 2 aromatic carbocycles. The number of aliphatic hydroxyl groups excluding tert-OH is 1. The summed E-state index contributed by atoms with van der Waals surface area (Å²) < 4.78 is 14.5. The monoisotopic (exact) mass is 854 g/mol. The number of urea groups is 1. The van der Waals surface area contributed by atoms with Crippen LogP contribution in [0, 0.1) is 18.7 Å². The van der Waals surface area contributed by atoms with Crippen molar-refractivity contribution in [3.8, 4) is 0 Å². The predicted octanol–water partition coefficient (Wildman–Crippen LogP) is 1.03. The number of nitrogens with zero attached hydrogens (tertiary/aromatic N) is 3. The highest BCUT2D eigenvalue weighted by Gasteiger charge is 2.46. The number of carbonyl (C=O) groups is 8. The van der Waals surface area contributed by atoms with Gasteiger partial charge in [0, 0.05) is 31.1 Å². The second-order valence-electron chi connectivity index (χ2n) is 15.9. The van der Waals surface area contributed by atoms with E-state index in [-0.39, 0.29) is 48.3 Å². The summed E-state index contributed by atoms with van der Waals surface area (Å²) in [5.41, 5.74) is 1.31. The fourth-order valence-electron chi connectivity index (χ4n) is 7.89. The van der Waals surface area contributed by atoms with E-state index in [9.17, 15) is 47.9 Å². The average Bonchev–Trinajstić information content (AvgIpc) is 3.84. The molecule has 0 aromatic heterocycles. The largest absolute Gasteiger partial charge is 0.391 e. The fraction of sp³-hybridized carbons (Fsp3) is 0.512. The van der Waals surface area contributed by atoms with Crippen molar-refractivity contribution in [2.24, 2.45) is 5.92 Å². The van der Waals surface area contributed by atoms with Gasteiger partial charge in [0.2, 0.25) is 35.4 Å². The van der Waals surface area contributed by atoms with Crippen molar-refractivity contribution in [3.05, 3.63) is 64.4 Å². The summed E-state index contributed by atoms with van der Waals surface area (Å²) in [5.74, 6) is -5.04.